The van der Waals surface area contributed by atoms with Crippen molar-refractivity contribution >= 4 is 41.6 Å². The van der Waals surface area contributed by atoms with Crippen molar-refractivity contribution in [2.45, 2.75) is 71.5 Å². The number of nitrogens with zero attached hydrogens (tertiary/aromatic N) is 4. The molecule has 1 saturated heterocycles. The number of ether oxygens (including phenoxy) is 5. The fraction of sp³-hybridized carbons (Fsp3) is 0.593. The predicted molar refractivity (Wildman–Crippen MR) is 150 cm³/mol. The second-order valence-corrected chi connectivity index (χ2v) is 11.2. The SMILES string of the molecule is CN=C[C@@]1(c2ccc3c(NC(=O)OCOC(C)=O)ncnn23)O[C@H](COC(=O)C(C)C)[C@@H](OC(=O)[C@@H](N)C(C)(C)C)[C@H]1O. The van der Waals surface area contributed by atoms with Crippen LogP contribution in [0, 0.1) is 11.3 Å². The van der Waals surface area contributed by atoms with Gasteiger partial charge in [0.2, 0.25) is 6.79 Å². The van der Waals surface area contributed by atoms with Crippen LogP contribution in [0.4, 0.5) is 10.6 Å². The molecule has 4 N–H and O–H groups in total. The number of nitrogens with two attached hydrogens (primary N) is 1. The highest BCUT2D eigenvalue weighted by Gasteiger charge is 2.59. The van der Waals surface area contributed by atoms with Crippen LogP contribution in [0.25, 0.3) is 5.52 Å². The summed E-state index contributed by atoms with van der Waals surface area (Å²) >= 11 is 0. The van der Waals surface area contributed by atoms with E-state index in [0.29, 0.717) is 0 Å². The molecule has 43 heavy (non-hydrogen) atoms. The third-order valence-electron chi connectivity index (χ3n) is 6.61. The lowest BCUT2D eigenvalue weighted by molar-refractivity contribution is -0.164. The van der Waals surface area contributed by atoms with Gasteiger partial charge in [0.15, 0.2) is 17.5 Å². The molecule has 0 radical (unpaired) electrons. The number of esters is 3. The largest absolute Gasteiger partial charge is 0.463 e. The van der Waals surface area contributed by atoms with Crippen LogP contribution >= 0.6 is 0 Å². The Kier molecular flexibility index (Phi) is 10.4. The first kappa shape index (κ1) is 33.4. The van der Waals surface area contributed by atoms with Gasteiger partial charge in [0, 0.05) is 20.2 Å². The molecule has 3 rings (SSSR count). The molecule has 1 aliphatic heterocycles. The van der Waals surface area contributed by atoms with Crippen molar-refractivity contribution in [1.82, 2.24) is 14.6 Å². The third-order valence-corrected chi connectivity index (χ3v) is 6.61. The monoisotopic (exact) mass is 606 g/mol. The zero-order valence-electron chi connectivity index (χ0n) is 25.1. The molecule has 3 heterocycles. The van der Waals surface area contributed by atoms with Gasteiger partial charge in [-0.15, -0.1) is 0 Å². The topological polar surface area (TPSA) is 215 Å². The van der Waals surface area contributed by atoms with E-state index in [1.165, 1.54) is 17.8 Å². The molecule has 0 bridgehead atoms. The lowest BCUT2D eigenvalue weighted by atomic mass is 9.87. The lowest BCUT2D eigenvalue weighted by Crippen LogP contribution is -2.49. The van der Waals surface area contributed by atoms with Crippen molar-refractivity contribution in [3.8, 4) is 0 Å². The summed E-state index contributed by atoms with van der Waals surface area (Å²) in [6, 6.07) is 2.05. The van der Waals surface area contributed by atoms with Gasteiger partial charge in [-0.1, -0.05) is 34.6 Å². The molecule has 16 nitrogen and oxygen atoms in total. The average molecular weight is 607 g/mol. The summed E-state index contributed by atoms with van der Waals surface area (Å²) in [5.74, 6) is -2.36. The van der Waals surface area contributed by atoms with Crippen LogP contribution in [-0.2, 0) is 43.7 Å². The van der Waals surface area contributed by atoms with Crippen molar-refractivity contribution in [2.24, 2.45) is 22.1 Å². The molecule has 236 valence electrons. The van der Waals surface area contributed by atoms with Gasteiger partial charge in [-0.3, -0.25) is 24.7 Å². The zero-order chi connectivity index (χ0) is 32.1. The number of carbonyl (C=O) groups excluding carboxylic acids is 4. The summed E-state index contributed by atoms with van der Waals surface area (Å²) in [5.41, 5.74) is 4.19. The Labute approximate surface area is 247 Å². The Hall–Kier alpha value is -4.15. The molecule has 16 heteroatoms. The normalized spacial score (nSPS) is 22.9. The third kappa shape index (κ3) is 7.44. The molecule has 0 saturated carbocycles. The first-order chi connectivity index (χ1) is 20.1. The first-order valence-electron chi connectivity index (χ1n) is 13.4. The fourth-order valence-electron chi connectivity index (χ4n) is 4.20. The maximum absolute atomic E-state index is 13.0. The van der Waals surface area contributed by atoms with E-state index in [-0.39, 0.29) is 23.6 Å². The molecule has 1 amide bonds. The summed E-state index contributed by atoms with van der Waals surface area (Å²) in [4.78, 5) is 56.6. The summed E-state index contributed by atoms with van der Waals surface area (Å²) in [6.45, 7) is 8.81. The zero-order valence-corrected chi connectivity index (χ0v) is 25.1. The van der Waals surface area contributed by atoms with E-state index in [1.807, 2.05) is 0 Å². The summed E-state index contributed by atoms with van der Waals surface area (Å²) < 4.78 is 28.2. The van der Waals surface area contributed by atoms with Crippen molar-refractivity contribution in [3.63, 3.8) is 0 Å². The van der Waals surface area contributed by atoms with Crippen LogP contribution in [0.5, 0.6) is 0 Å². The van der Waals surface area contributed by atoms with E-state index in [4.69, 9.17) is 24.7 Å². The molecule has 0 spiro atoms. The molecule has 2 aromatic rings. The van der Waals surface area contributed by atoms with Crippen LogP contribution in [0.3, 0.4) is 0 Å². The standard InChI is InChI=1S/C27H38N6O10/c1-14(2)23(36)39-10-17-19(42-24(37)20(28)26(4,5)6)21(35)27(43-17,11-29-7)18-9-8-16-22(30-12-31-33(16)18)32-25(38)41-13-40-15(3)34/h8-9,11-12,14,17,19-21,35H,10,13,28H2,1-7H3,(H,30,31,32,38)/t17-,19-,20-,21-,27+/m1/s1. The molecule has 2 aromatic heterocycles. The van der Waals surface area contributed by atoms with Crippen LogP contribution < -0.4 is 11.1 Å². The molecule has 1 aliphatic rings. The van der Waals surface area contributed by atoms with Crippen LogP contribution in [-0.4, -0.2) is 94.7 Å². The molecular weight excluding hydrogens is 568 g/mol. The highest BCUT2D eigenvalue weighted by atomic mass is 16.7. The Morgan fingerprint density at radius 3 is 2.51 bits per heavy atom. The number of aliphatic hydroxyl groups is 1. The number of aromatic nitrogens is 3. The molecule has 0 aromatic carbocycles. The number of rotatable bonds is 10. The minimum atomic E-state index is -1.77. The average Bonchev–Trinajstić information content (AvgIpc) is 3.47. The van der Waals surface area contributed by atoms with Gasteiger partial charge in [-0.25, -0.2) is 14.3 Å². The Morgan fingerprint density at radius 1 is 1.21 bits per heavy atom. The smallest absolute Gasteiger partial charge is 0.415 e. The number of amides is 1. The second kappa shape index (κ2) is 13.4. The van der Waals surface area contributed by atoms with E-state index < -0.39 is 72.1 Å². The number of nitrogens with one attached hydrogen (secondary N) is 1. The second-order valence-electron chi connectivity index (χ2n) is 11.2. The highest BCUT2D eigenvalue weighted by Crippen LogP contribution is 2.41. The number of carbonyl (C=O) groups is 4. The number of anilines is 1. The molecule has 0 aliphatic carbocycles. The maximum Gasteiger partial charge on any atom is 0.415 e. The fourth-order valence-corrected chi connectivity index (χ4v) is 4.20. The number of fused-ring (bicyclic) bond motifs is 1. The minimum absolute atomic E-state index is 0.0201. The van der Waals surface area contributed by atoms with Gasteiger partial charge in [0.1, 0.15) is 36.7 Å². The summed E-state index contributed by atoms with van der Waals surface area (Å²) in [6.07, 6.45) is -2.54. The minimum Gasteiger partial charge on any atom is -0.463 e. The Balaban J connectivity index is 2.01. The number of hydrogen-bond donors (Lipinski definition) is 3. The van der Waals surface area contributed by atoms with E-state index in [2.05, 4.69) is 25.1 Å². The molecule has 1 fully saturated rings. The van der Waals surface area contributed by atoms with E-state index in [9.17, 15) is 24.3 Å². The van der Waals surface area contributed by atoms with Crippen LogP contribution in [0.1, 0.15) is 47.2 Å². The van der Waals surface area contributed by atoms with Crippen molar-refractivity contribution in [1.29, 1.82) is 0 Å². The predicted octanol–water partition coefficient (Wildman–Crippen LogP) is 0.938. The summed E-state index contributed by atoms with van der Waals surface area (Å²) in [7, 11) is 1.46. The number of aliphatic hydroxyl groups excluding tert-OH is 1. The Bertz CT molecular complexity index is 1370. The van der Waals surface area contributed by atoms with Gasteiger partial charge in [-0.2, -0.15) is 5.10 Å². The van der Waals surface area contributed by atoms with Crippen molar-refractivity contribution in [3.05, 3.63) is 24.2 Å². The molecule has 5 atom stereocenters. The van der Waals surface area contributed by atoms with Crippen LogP contribution in [0.2, 0.25) is 0 Å². The Morgan fingerprint density at radius 2 is 1.91 bits per heavy atom. The van der Waals surface area contributed by atoms with Gasteiger partial charge in [0.05, 0.1) is 11.6 Å². The van der Waals surface area contributed by atoms with Gasteiger partial charge >= 0.3 is 24.0 Å². The quantitative estimate of drug-likeness (QED) is 0.149. The number of aliphatic imine (C=N–C) groups is 1. The number of hydrogen-bond acceptors (Lipinski definition) is 14. The first-order valence-corrected chi connectivity index (χ1v) is 13.4. The van der Waals surface area contributed by atoms with Gasteiger partial charge in [0.25, 0.3) is 0 Å². The maximum atomic E-state index is 13.0. The van der Waals surface area contributed by atoms with E-state index >= 15 is 0 Å². The van der Waals surface area contributed by atoms with E-state index in [0.717, 1.165) is 13.3 Å². The van der Waals surface area contributed by atoms with Crippen molar-refractivity contribution in [2.75, 3.05) is 25.8 Å². The lowest BCUT2D eigenvalue weighted by Gasteiger charge is -2.30. The van der Waals surface area contributed by atoms with Crippen LogP contribution in [0.15, 0.2) is 23.5 Å². The van der Waals surface area contributed by atoms with Crippen molar-refractivity contribution < 1.29 is 48.0 Å². The van der Waals surface area contributed by atoms with Gasteiger partial charge in [-0.05, 0) is 17.5 Å². The van der Waals surface area contributed by atoms with Gasteiger partial charge < -0.3 is 34.5 Å². The molecule has 0 unspecified atom stereocenters. The summed E-state index contributed by atoms with van der Waals surface area (Å²) in [5, 5.41) is 18.4. The molecular formula is C27H38N6O10. The highest BCUT2D eigenvalue weighted by molar-refractivity contribution is 5.89. The van der Waals surface area contributed by atoms with E-state index in [1.54, 1.807) is 46.8 Å².